The van der Waals surface area contributed by atoms with Gasteiger partial charge in [-0.05, 0) is 16.3 Å². The van der Waals surface area contributed by atoms with Crippen LogP contribution in [0.25, 0.3) is 0 Å². The first-order valence-electron chi connectivity index (χ1n) is 5.82. The number of aliphatic hydroxyl groups excluding tert-OH is 1. The molecule has 7 heteroatoms. The Balaban J connectivity index is 2.28. The van der Waals surface area contributed by atoms with Gasteiger partial charge in [0.15, 0.2) is 0 Å². The lowest BCUT2D eigenvalue weighted by Gasteiger charge is -2.20. The number of nitrogens with one attached hydrogen (secondary N) is 1. The van der Waals surface area contributed by atoms with E-state index in [1.165, 1.54) is 11.0 Å². The molecule has 0 aromatic carbocycles. The number of nitrogens with zero attached hydrogens (tertiary/aromatic N) is 4. The molecule has 0 spiro atoms. The minimum atomic E-state index is -0.497. The van der Waals surface area contributed by atoms with Crippen molar-refractivity contribution in [3.05, 3.63) is 6.33 Å². The van der Waals surface area contributed by atoms with Crippen molar-refractivity contribution in [3.8, 4) is 0 Å². The minimum Gasteiger partial charge on any atom is -0.391 e. The molecule has 0 aliphatic heterocycles. The van der Waals surface area contributed by atoms with E-state index in [-0.39, 0.29) is 24.9 Å². The molecular weight excluding hydrogens is 222 g/mol. The molecule has 17 heavy (non-hydrogen) atoms. The first kappa shape index (κ1) is 13.6. The number of carbonyl (C=O) groups excluding carboxylic acids is 1. The summed E-state index contributed by atoms with van der Waals surface area (Å²) >= 11 is 0. The van der Waals surface area contributed by atoms with Crippen molar-refractivity contribution < 1.29 is 9.90 Å². The highest BCUT2D eigenvalue weighted by atomic mass is 16.3. The first-order valence-corrected chi connectivity index (χ1v) is 5.82. The van der Waals surface area contributed by atoms with E-state index in [0.717, 1.165) is 12.8 Å². The van der Waals surface area contributed by atoms with Crippen molar-refractivity contribution in [1.82, 2.24) is 25.5 Å². The molecule has 1 unspecified atom stereocenters. The third-order valence-electron chi connectivity index (χ3n) is 2.80. The fourth-order valence-corrected chi connectivity index (χ4v) is 1.67. The topological polar surface area (TPSA) is 92.9 Å². The molecule has 0 fully saturated rings. The van der Waals surface area contributed by atoms with Crippen LogP contribution in [0.1, 0.15) is 26.7 Å². The maximum absolute atomic E-state index is 11.5. The smallest absolute Gasteiger partial charge is 0.241 e. The molecule has 0 aliphatic rings. The predicted molar refractivity (Wildman–Crippen MR) is 60.9 cm³/mol. The molecule has 1 amide bonds. The highest BCUT2D eigenvalue weighted by Gasteiger charge is 2.16. The molecule has 1 atom stereocenters. The number of aromatic nitrogens is 4. The summed E-state index contributed by atoms with van der Waals surface area (Å²) in [5.41, 5.74) is 0. The van der Waals surface area contributed by atoms with E-state index in [1.807, 2.05) is 13.8 Å². The lowest BCUT2D eigenvalue weighted by atomic mass is 9.96. The quantitative estimate of drug-likeness (QED) is 0.676. The Kier molecular flexibility index (Phi) is 5.55. The molecule has 2 N–H and O–H groups in total. The monoisotopic (exact) mass is 241 g/mol. The van der Waals surface area contributed by atoms with Crippen LogP contribution in [-0.4, -0.2) is 43.9 Å². The number of aliphatic hydroxyl groups is 1. The summed E-state index contributed by atoms with van der Waals surface area (Å²) in [4.78, 5) is 11.5. The van der Waals surface area contributed by atoms with Gasteiger partial charge >= 0.3 is 0 Å². The molecule has 0 saturated carbocycles. The summed E-state index contributed by atoms with van der Waals surface area (Å²) in [5.74, 6) is 0.0191. The standard InChI is InChI=1S/C10H19N5O2/c1-3-8(4-2)9(16)5-11-10(17)6-15-7-12-13-14-15/h7-9,16H,3-6H2,1-2H3,(H,11,17). The maximum Gasteiger partial charge on any atom is 0.241 e. The normalized spacial score (nSPS) is 12.7. The molecule has 0 saturated heterocycles. The SMILES string of the molecule is CCC(CC)C(O)CNC(=O)Cn1cnnn1. The average Bonchev–Trinajstić information content (AvgIpc) is 2.81. The number of rotatable bonds is 7. The fourth-order valence-electron chi connectivity index (χ4n) is 1.67. The molecule has 0 aliphatic carbocycles. The predicted octanol–water partition coefficient (Wildman–Crippen LogP) is -0.414. The Morgan fingerprint density at radius 3 is 2.71 bits per heavy atom. The van der Waals surface area contributed by atoms with Crippen molar-refractivity contribution in [1.29, 1.82) is 0 Å². The van der Waals surface area contributed by atoms with Gasteiger partial charge in [0.1, 0.15) is 12.9 Å². The Labute approximate surface area is 100 Å². The van der Waals surface area contributed by atoms with Crippen LogP contribution in [0.4, 0.5) is 0 Å². The van der Waals surface area contributed by atoms with Crippen LogP contribution in [0.15, 0.2) is 6.33 Å². The van der Waals surface area contributed by atoms with Gasteiger partial charge in [-0.25, -0.2) is 4.68 Å². The van der Waals surface area contributed by atoms with Crippen molar-refractivity contribution in [3.63, 3.8) is 0 Å². The van der Waals surface area contributed by atoms with Crippen LogP contribution >= 0.6 is 0 Å². The van der Waals surface area contributed by atoms with Gasteiger partial charge in [-0.15, -0.1) is 5.10 Å². The number of tetrazole rings is 1. The highest BCUT2D eigenvalue weighted by Crippen LogP contribution is 2.11. The molecule has 1 aromatic heterocycles. The second-order valence-corrected chi connectivity index (χ2v) is 3.96. The van der Waals surface area contributed by atoms with E-state index in [0.29, 0.717) is 0 Å². The van der Waals surface area contributed by atoms with Gasteiger partial charge in [0, 0.05) is 6.54 Å². The molecule has 0 bridgehead atoms. The summed E-state index contributed by atoms with van der Waals surface area (Å²) < 4.78 is 1.33. The molecule has 7 nitrogen and oxygen atoms in total. The largest absolute Gasteiger partial charge is 0.391 e. The van der Waals surface area contributed by atoms with Crippen LogP contribution in [-0.2, 0) is 11.3 Å². The average molecular weight is 241 g/mol. The lowest BCUT2D eigenvalue weighted by Crippen LogP contribution is -2.37. The zero-order chi connectivity index (χ0) is 12.7. The van der Waals surface area contributed by atoms with E-state index in [4.69, 9.17) is 0 Å². The number of amides is 1. The van der Waals surface area contributed by atoms with Gasteiger partial charge in [-0.1, -0.05) is 26.7 Å². The van der Waals surface area contributed by atoms with E-state index in [2.05, 4.69) is 20.8 Å². The molecule has 1 aromatic rings. The number of carbonyl (C=O) groups is 1. The first-order chi connectivity index (χ1) is 8.17. The lowest BCUT2D eigenvalue weighted by molar-refractivity contribution is -0.122. The Morgan fingerprint density at radius 2 is 2.18 bits per heavy atom. The molecule has 1 rings (SSSR count). The summed E-state index contributed by atoms with van der Waals surface area (Å²) in [7, 11) is 0. The van der Waals surface area contributed by atoms with Gasteiger partial charge in [0.25, 0.3) is 0 Å². The van der Waals surface area contributed by atoms with Gasteiger partial charge in [-0.2, -0.15) is 0 Å². The zero-order valence-electron chi connectivity index (χ0n) is 10.2. The van der Waals surface area contributed by atoms with Crippen LogP contribution in [0, 0.1) is 5.92 Å². The van der Waals surface area contributed by atoms with Gasteiger partial charge in [0.2, 0.25) is 5.91 Å². The zero-order valence-corrected chi connectivity index (χ0v) is 10.2. The second-order valence-electron chi connectivity index (χ2n) is 3.96. The summed E-state index contributed by atoms with van der Waals surface area (Å²) in [6, 6.07) is 0. The summed E-state index contributed by atoms with van der Waals surface area (Å²) in [5, 5.41) is 22.9. The van der Waals surface area contributed by atoms with Crippen LogP contribution < -0.4 is 5.32 Å². The van der Waals surface area contributed by atoms with Crippen molar-refractivity contribution in [2.24, 2.45) is 5.92 Å². The molecule has 0 radical (unpaired) electrons. The molecule has 96 valence electrons. The molecule has 1 heterocycles. The summed E-state index contributed by atoms with van der Waals surface area (Å²) in [6.45, 7) is 4.40. The van der Waals surface area contributed by atoms with Crippen LogP contribution in [0.5, 0.6) is 0 Å². The Bertz CT molecular complexity index is 323. The Hall–Kier alpha value is -1.50. The Morgan fingerprint density at radius 1 is 1.47 bits per heavy atom. The van der Waals surface area contributed by atoms with Gasteiger partial charge < -0.3 is 10.4 Å². The summed E-state index contributed by atoms with van der Waals surface area (Å²) in [6.07, 6.45) is 2.68. The maximum atomic E-state index is 11.5. The third-order valence-corrected chi connectivity index (χ3v) is 2.80. The van der Waals surface area contributed by atoms with Crippen molar-refractivity contribution in [2.75, 3.05) is 6.54 Å². The highest BCUT2D eigenvalue weighted by molar-refractivity contribution is 5.75. The second kappa shape index (κ2) is 6.95. The van der Waals surface area contributed by atoms with E-state index < -0.39 is 6.10 Å². The van der Waals surface area contributed by atoms with E-state index in [1.54, 1.807) is 0 Å². The number of hydrogen-bond acceptors (Lipinski definition) is 5. The molecular formula is C10H19N5O2. The van der Waals surface area contributed by atoms with Crippen molar-refractivity contribution in [2.45, 2.75) is 39.3 Å². The van der Waals surface area contributed by atoms with E-state index >= 15 is 0 Å². The minimum absolute atomic E-state index is 0.0721. The van der Waals surface area contributed by atoms with E-state index in [9.17, 15) is 9.90 Å². The third kappa shape index (κ3) is 4.48. The number of hydrogen-bond donors (Lipinski definition) is 2. The van der Waals surface area contributed by atoms with Crippen LogP contribution in [0.2, 0.25) is 0 Å². The van der Waals surface area contributed by atoms with Crippen molar-refractivity contribution >= 4 is 5.91 Å². The van der Waals surface area contributed by atoms with Gasteiger partial charge in [-0.3, -0.25) is 4.79 Å². The van der Waals surface area contributed by atoms with Crippen LogP contribution in [0.3, 0.4) is 0 Å². The van der Waals surface area contributed by atoms with Gasteiger partial charge in [0.05, 0.1) is 6.10 Å². The fraction of sp³-hybridized carbons (Fsp3) is 0.800.